The second kappa shape index (κ2) is 5.16. The molecule has 4 heteroatoms. The van der Waals surface area contributed by atoms with Crippen LogP contribution in [0.15, 0.2) is 18.3 Å². The summed E-state index contributed by atoms with van der Waals surface area (Å²) >= 11 is 0. The summed E-state index contributed by atoms with van der Waals surface area (Å²) in [5, 5.41) is 3.34. The minimum atomic E-state index is 0.178. The quantitative estimate of drug-likeness (QED) is 0.834. The third-order valence-corrected chi connectivity index (χ3v) is 2.56. The zero-order valence-corrected chi connectivity index (χ0v) is 9.94. The molecule has 1 N–H and O–H groups in total. The summed E-state index contributed by atoms with van der Waals surface area (Å²) in [7, 11) is 0. The number of pyridine rings is 1. The minimum absolute atomic E-state index is 0.178. The van der Waals surface area contributed by atoms with E-state index in [1.807, 2.05) is 26.1 Å². The maximum Gasteiger partial charge on any atom is 0.213 e. The van der Waals surface area contributed by atoms with E-state index in [2.05, 4.69) is 21.3 Å². The van der Waals surface area contributed by atoms with E-state index in [4.69, 9.17) is 4.74 Å². The highest BCUT2D eigenvalue weighted by Crippen LogP contribution is 2.17. The first kappa shape index (κ1) is 11.2. The Morgan fingerprint density at radius 3 is 2.62 bits per heavy atom. The van der Waals surface area contributed by atoms with Gasteiger partial charge in [0.2, 0.25) is 5.88 Å². The molecule has 88 valence electrons. The lowest BCUT2D eigenvalue weighted by molar-refractivity contribution is 0.232. The summed E-state index contributed by atoms with van der Waals surface area (Å²) in [5.41, 5.74) is 1.18. The summed E-state index contributed by atoms with van der Waals surface area (Å²) < 4.78 is 5.51. The van der Waals surface area contributed by atoms with Crippen LogP contribution in [0.5, 0.6) is 5.88 Å². The van der Waals surface area contributed by atoms with E-state index in [0.717, 1.165) is 26.2 Å². The van der Waals surface area contributed by atoms with Gasteiger partial charge in [-0.05, 0) is 19.9 Å². The van der Waals surface area contributed by atoms with Crippen molar-refractivity contribution in [2.24, 2.45) is 0 Å². The molecule has 0 unspecified atom stereocenters. The highest BCUT2D eigenvalue weighted by Gasteiger charge is 2.10. The van der Waals surface area contributed by atoms with Gasteiger partial charge in [-0.25, -0.2) is 4.98 Å². The van der Waals surface area contributed by atoms with Crippen molar-refractivity contribution in [1.29, 1.82) is 0 Å². The zero-order valence-electron chi connectivity index (χ0n) is 9.94. The van der Waals surface area contributed by atoms with Crippen LogP contribution in [0.4, 0.5) is 5.69 Å². The molecule has 0 aliphatic carbocycles. The van der Waals surface area contributed by atoms with E-state index in [0.29, 0.717) is 5.88 Å². The Hall–Kier alpha value is -1.29. The van der Waals surface area contributed by atoms with Crippen LogP contribution in [0.3, 0.4) is 0 Å². The summed E-state index contributed by atoms with van der Waals surface area (Å²) in [4.78, 5) is 6.65. The van der Waals surface area contributed by atoms with Crippen molar-refractivity contribution in [3.63, 3.8) is 0 Å². The number of piperazine rings is 1. The molecule has 1 saturated heterocycles. The van der Waals surface area contributed by atoms with Gasteiger partial charge in [0.25, 0.3) is 0 Å². The minimum Gasteiger partial charge on any atom is -0.475 e. The second-order valence-corrected chi connectivity index (χ2v) is 4.26. The molecule has 2 heterocycles. The number of aromatic nitrogens is 1. The monoisotopic (exact) mass is 221 g/mol. The lowest BCUT2D eigenvalue weighted by atomic mass is 10.3. The fourth-order valence-electron chi connectivity index (χ4n) is 1.79. The average Bonchev–Trinajstić information content (AvgIpc) is 2.30. The molecule has 1 fully saturated rings. The van der Waals surface area contributed by atoms with Crippen molar-refractivity contribution in [2.45, 2.75) is 20.0 Å². The molecule has 4 nitrogen and oxygen atoms in total. The van der Waals surface area contributed by atoms with Crippen LogP contribution in [-0.4, -0.2) is 37.3 Å². The average molecular weight is 221 g/mol. The van der Waals surface area contributed by atoms with E-state index in [9.17, 15) is 0 Å². The number of hydrogen-bond acceptors (Lipinski definition) is 4. The predicted octanol–water partition coefficient (Wildman–Crippen LogP) is 1.28. The first-order valence-corrected chi connectivity index (χ1v) is 5.84. The second-order valence-electron chi connectivity index (χ2n) is 4.26. The maximum absolute atomic E-state index is 5.51. The van der Waals surface area contributed by atoms with E-state index >= 15 is 0 Å². The molecular formula is C12H19N3O. The molecule has 2 rings (SSSR count). The van der Waals surface area contributed by atoms with Crippen molar-refractivity contribution in [3.8, 4) is 5.88 Å². The summed E-state index contributed by atoms with van der Waals surface area (Å²) in [5.74, 6) is 0.703. The standard InChI is InChI=1S/C12H19N3O/c1-10(2)16-12-4-3-11(9-14-12)15-7-5-13-6-8-15/h3-4,9-10,13H,5-8H2,1-2H3. The Morgan fingerprint density at radius 1 is 1.31 bits per heavy atom. The SMILES string of the molecule is CC(C)Oc1ccc(N2CCNCC2)cn1. The number of nitrogens with one attached hydrogen (secondary N) is 1. The molecule has 0 atom stereocenters. The summed E-state index contributed by atoms with van der Waals surface area (Å²) in [6.07, 6.45) is 2.07. The van der Waals surface area contributed by atoms with Crippen LogP contribution in [0.1, 0.15) is 13.8 Å². The fraction of sp³-hybridized carbons (Fsp3) is 0.583. The lowest BCUT2D eigenvalue weighted by Gasteiger charge is -2.29. The van der Waals surface area contributed by atoms with Gasteiger partial charge in [0.1, 0.15) is 0 Å². The summed E-state index contributed by atoms with van der Waals surface area (Å²) in [6, 6.07) is 4.02. The van der Waals surface area contributed by atoms with E-state index < -0.39 is 0 Å². The molecule has 1 aromatic rings. The van der Waals surface area contributed by atoms with Crippen molar-refractivity contribution in [2.75, 3.05) is 31.1 Å². The number of hydrogen-bond donors (Lipinski definition) is 1. The molecule has 0 radical (unpaired) electrons. The number of rotatable bonds is 3. The van der Waals surface area contributed by atoms with Crippen molar-refractivity contribution in [3.05, 3.63) is 18.3 Å². The molecular weight excluding hydrogens is 202 g/mol. The first-order valence-electron chi connectivity index (χ1n) is 5.84. The Morgan fingerprint density at radius 2 is 2.06 bits per heavy atom. The smallest absolute Gasteiger partial charge is 0.213 e. The van der Waals surface area contributed by atoms with Gasteiger partial charge in [-0.2, -0.15) is 0 Å². The number of nitrogens with zero attached hydrogens (tertiary/aromatic N) is 2. The highest BCUT2D eigenvalue weighted by molar-refractivity contribution is 5.45. The van der Waals surface area contributed by atoms with Crippen LogP contribution >= 0.6 is 0 Å². The highest BCUT2D eigenvalue weighted by atomic mass is 16.5. The van der Waals surface area contributed by atoms with Crippen LogP contribution in [-0.2, 0) is 0 Å². The zero-order chi connectivity index (χ0) is 11.4. The predicted molar refractivity (Wildman–Crippen MR) is 65.1 cm³/mol. The van der Waals surface area contributed by atoms with Crippen LogP contribution < -0.4 is 15.0 Å². The van der Waals surface area contributed by atoms with Crippen LogP contribution in [0.25, 0.3) is 0 Å². The van der Waals surface area contributed by atoms with Gasteiger partial charge in [-0.15, -0.1) is 0 Å². The van der Waals surface area contributed by atoms with Crippen molar-refractivity contribution >= 4 is 5.69 Å². The third-order valence-electron chi connectivity index (χ3n) is 2.56. The van der Waals surface area contributed by atoms with Gasteiger partial charge in [0.05, 0.1) is 18.0 Å². The lowest BCUT2D eigenvalue weighted by Crippen LogP contribution is -2.43. The Balaban J connectivity index is 2.00. The molecule has 0 spiro atoms. The normalized spacial score (nSPS) is 16.6. The maximum atomic E-state index is 5.51. The molecule has 0 aromatic carbocycles. The molecule has 1 aliphatic rings. The van der Waals surface area contributed by atoms with E-state index in [-0.39, 0.29) is 6.10 Å². The van der Waals surface area contributed by atoms with E-state index in [1.165, 1.54) is 5.69 Å². The van der Waals surface area contributed by atoms with Gasteiger partial charge in [-0.3, -0.25) is 0 Å². The van der Waals surface area contributed by atoms with Crippen LogP contribution in [0, 0.1) is 0 Å². The van der Waals surface area contributed by atoms with Gasteiger partial charge >= 0.3 is 0 Å². The number of anilines is 1. The molecule has 0 amide bonds. The number of ether oxygens (including phenoxy) is 1. The fourth-order valence-corrected chi connectivity index (χ4v) is 1.79. The van der Waals surface area contributed by atoms with Gasteiger partial charge < -0.3 is 15.0 Å². The Labute approximate surface area is 96.6 Å². The first-order chi connectivity index (χ1) is 7.75. The molecule has 1 aliphatic heterocycles. The topological polar surface area (TPSA) is 37.4 Å². The Bertz CT molecular complexity index is 318. The Kier molecular flexibility index (Phi) is 3.62. The third kappa shape index (κ3) is 2.85. The molecule has 16 heavy (non-hydrogen) atoms. The van der Waals surface area contributed by atoms with E-state index in [1.54, 1.807) is 0 Å². The van der Waals surface area contributed by atoms with Gasteiger partial charge in [0, 0.05) is 32.2 Å². The van der Waals surface area contributed by atoms with Crippen molar-refractivity contribution in [1.82, 2.24) is 10.3 Å². The molecule has 1 aromatic heterocycles. The molecule has 0 bridgehead atoms. The van der Waals surface area contributed by atoms with Crippen LogP contribution in [0.2, 0.25) is 0 Å². The largest absolute Gasteiger partial charge is 0.475 e. The molecule has 0 saturated carbocycles. The summed E-state index contributed by atoms with van der Waals surface area (Å²) in [6.45, 7) is 8.20. The van der Waals surface area contributed by atoms with Crippen molar-refractivity contribution < 1.29 is 4.74 Å². The van der Waals surface area contributed by atoms with Gasteiger partial charge in [0.15, 0.2) is 0 Å². The van der Waals surface area contributed by atoms with Gasteiger partial charge in [-0.1, -0.05) is 0 Å².